The van der Waals surface area contributed by atoms with Crippen molar-refractivity contribution in [2.24, 2.45) is 5.16 Å². The fraction of sp³-hybridized carbons (Fsp3) is 0.400. The number of nitrogens with zero attached hydrogens (tertiary/aromatic N) is 6. The third-order valence-electron chi connectivity index (χ3n) is 4.43. The molecule has 0 N–H and O–H groups in total. The van der Waals surface area contributed by atoms with E-state index in [1.165, 1.54) is 6.21 Å². The number of piperazine rings is 1. The molecule has 2 rings (SSSR count). The molecule has 0 aromatic heterocycles. The summed E-state index contributed by atoms with van der Waals surface area (Å²) in [4.78, 5) is 23.1. The second-order valence-corrected chi connectivity index (χ2v) is 6.41. The molecule has 146 valence electrons. The Balaban J connectivity index is 1.76. The third-order valence-corrected chi connectivity index (χ3v) is 4.43. The molecule has 0 spiro atoms. The van der Waals surface area contributed by atoms with Gasteiger partial charge in [0.1, 0.15) is 17.7 Å². The molecule has 0 saturated carbocycles. The number of para-hydroxylation sites is 1. The van der Waals surface area contributed by atoms with Gasteiger partial charge in [-0.1, -0.05) is 23.4 Å². The van der Waals surface area contributed by atoms with Crippen LogP contribution in [0.25, 0.3) is 0 Å². The normalized spacial score (nSPS) is 13.6. The largest absolute Gasteiger partial charge is 0.386 e. The van der Waals surface area contributed by atoms with Gasteiger partial charge in [-0.3, -0.25) is 4.79 Å². The van der Waals surface area contributed by atoms with Gasteiger partial charge in [0, 0.05) is 64.3 Å². The first-order valence-corrected chi connectivity index (χ1v) is 8.99. The molecule has 1 aromatic rings. The van der Waals surface area contributed by atoms with Gasteiger partial charge in [-0.05, 0) is 12.1 Å². The van der Waals surface area contributed by atoms with Crippen molar-refractivity contribution in [2.45, 2.75) is 6.42 Å². The van der Waals surface area contributed by atoms with Gasteiger partial charge in [0.05, 0.1) is 0 Å². The van der Waals surface area contributed by atoms with E-state index < -0.39 is 0 Å². The van der Waals surface area contributed by atoms with Crippen LogP contribution < -0.4 is 4.90 Å². The van der Waals surface area contributed by atoms with E-state index in [1.807, 2.05) is 30.3 Å². The predicted molar refractivity (Wildman–Crippen MR) is 106 cm³/mol. The molecular weight excluding hydrogens is 356 g/mol. The maximum absolute atomic E-state index is 12.3. The summed E-state index contributed by atoms with van der Waals surface area (Å²) >= 11 is 0. The first kappa shape index (κ1) is 20.8. The molecule has 1 aliphatic heterocycles. The van der Waals surface area contributed by atoms with Crippen molar-refractivity contribution in [1.82, 2.24) is 9.80 Å². The molecule has 1 aromatic carbocycles. The van der Waals surface area contributed by atoms with Crippen LogP contribution in [0, 0.1) is 22.7 Å². The van der Waals surface area contributed by atoms with Crippen LogP contribution >= 0.6 is 0 Å². The van der Waals surface area contributed by atoms with Gasteiger partial charge in [-0.2, -0.15) is 10.5 Å². The van der Waals surface area contributed by atoms with E-state index in [9.17, 15) is 4.79 Å². The van der Waals surface area contributed by atoms with Crippen LogP contribution in [0.3, 0.4) is 0 Å². The van der Waals surface area contributed by atoms with Crippen molar-refractivity contribution in [1.29, 1.82) is 10.5 Å². The molecule has 1 amide bonds. The first-order valence-electron chi connectivity index (χ1n) is 8.99. The summed E-state index contributed by atoms with van der Waals surface area (Å²) in [5.74, 6) is -0.108. The summed E-state index contributed by atoms with van der Waals surface area (Å²) in [6, 6.07) is 13.8. The van der Waals surface area contributed by atoms with Gasteiger partial charge in [-0.15, -0.1) is 0 Å². The van der Waals surface area contributed by atoms with Crippen LogP contribution in [-0.4, -0.2) is 68.8 Å². The number of rotatable bonds is 7. The lowest BCUT2D eigenvalue weighted by Gasteiger charge is -2.35. The van der Waals surface area contributed by atoms with Gasteiger partial charge in [-0.25, -0.2) is 0 Å². The molecule has 1 fully saturated rings. The molecule has 0 bridgehead atoms. The minimum Gasteiger partial charge on any atom is -0.386 e. The Labute approximate surface area is 165 Å². The zero-order valence-corrected chi connectivity index (χ0v) is 16.2. The van der Waals surface area contributed by atoms with Crippen LogP contribution in [-0.2, 0) is 9.63 Å². The molecule has 1 saturated heterocycles. The van der Waals surface area contributed by atoms with Crippen molar-refractivity contribution >= 4 is 17.8 Å². The molecule has 8 nitrogen and oxygen atoms in total. The van der Waals surface area contributed by atoms with Crippen LogP contribution in [0.15, 0.2) is 46.8 Å². The minimum absolute atomic E-state index is 0.0313. The second-order valence-electron chi connectivity index (χ2n) is 6.41. The number of anilines is 1. The monoisotopic (exact) mass is 380 g/mol. The average molecular weight is 380 g/mol. The number of carbonyl (C=O) groups is 1. The molecule has 0 aliphatic carbocycles. The number of benzene rings is 1. The maximum atomic E-state index is 12.3. The van der Waals surface area contributed by atoms with Crippen molar-refractivity contribution < 1.29 is 9.63 Å². The molecule has 0 radical (unpaired) electrons. The lowest BCUT2D eigenvalue weighted by Crippen LogP contribution is -2.49. The maximum Gasteiger partial charge on any atom is 0.263 e. The van der Waals surface area contributed by atoms with E-state index in [0.717, 1.165) is 18.8 Å². The van der Waals surface area contributed by atoms with Crippen molar-refractivity contribution in [3.8, 4) is 12.1 Å². The van der Waals surface area contributed by atoms with Gasteiger partial charge in [0.2, 0.25) is 0 Å². The number of amides is 1. The summed E-state index contributed by atoms with van der Waals surface area (Å²) in [5, 5.41) is 21.7. The molecule has 0 unspecified atom stereocenters. The Morgan fingerprint density at radius 2 is 1.82 bits per heavy atom. The minimum atomic E-state index is -0.133. The summed E-state index contributed by atoms with van der Waals surface area (Å²) in [6.07, 6.45) is 1.72. The number of hydrogen-bond acceptors (Lipinski definition) is 7. The van der Waals surface area contributed by atoms with Crippen LogP contribution in [0.5, 0.6) is 0 Å². The number of hydrogen-bond donors (Lipinski definition) is 0. The molecule has 28 heavy (non-hydrogen) atoms. The van der Waals surface area contributed by atoms with E-state index in [1.54, 1.807) is 23.9 Å². The van der Waals surface area contributed by atoms with E-state index in [2.05, 4.69) is 22.2 Å². The van der Waals surface area contributed by atoms with E-state index >= 15 is 0 Å². The highest BCUT2D eigenvalue weighted by atomic mass is 16.6. The van der Waals surface area contributed by atoms with Crippen molar-refractivity contribution in [2.75, 3.05) is 51.8 Å². The van der Waals surface area contributed by atoms with Crippen molar-refractivity contribution in [3.05, 3.63) is 41.6 Å². The van der Waals surface area contributed by atoms with E-state index in [4.69, 9.17) is 15.4 Å². The number of allylic oxidation sites excluding steroid dienone is 2. The highest BCUT2D eigenvalue weighted by molar-refractivity contribution is 5.78. The van der Waals surface area contributed by atoms with Gasteiger partial charge in [0.15, 0.2) is 6.61 Å². The third kappa shape index (κ3) is 5.75. The summed E-state index contributed by atoms with van der Waals surface area (Å²) in [7, 11) is 3.49. The topological polar surface area (TPSA) is 96.0 Å². The van der Waals surface area contributed by atoms with E-state index in [0.29, 0.717) is 18.8 Å². The second kappa shape index (κ2) is 10.6. The molecule has 8 heteroatoms. The zero-order valence-electron chi connectivity index (χ0n) is 16.2. The number of carbonyl (C=O) groups excluding carboxylic acids is 1. The lowest BCUT2D eigenvalue weighted by molar-refractivity contribution is -0.136. The van der Waals surface area contributed by atoms with E-state index in [-0.39, 0.29) is 24.5 Å². The fourth-order valence-electron chi connectivity index (χ4n) is 2.88. The number of oxime groups is 1. The molecular formula is C20H24N6O2. The summed E-state index contributed by atoms with van der Waals surface area (Å²) in [5.41, 5.74) is 1.74. The van der Waals surface area contributed by atoms with Crippen LogP contribution in [0.1, 0.15) is 6.42 Å². The Hall–Kier alpha value is -3.52. The van der Waals surface area contributed by atoms with Crippen LogP contribution in [0.4, 0.5) is 5.69 Å². The highest BCUT2D eigenvalue weighted by Gasteiger charge is 2.21. The molecule has 1 heterocycles. The van der Waals surface area contributed by atoms with Gasteiger partial charge >= 0.3 is 0 Å². The standard InChI is InChI=1S/C20H24N6O2/c1-24(2)19(17(14-21)15-22)8-9-23-28-16-20(27)26-12-10-25(11-13-26)18-6-4-3-5-7-18/h3-7,9H,8,10-13,16H2,1-2H3/b23-9-. The Morgan fingerprint density at radius 1 is 1.18 bits per heavy atom. The predicted octanol–water partition coefficient (Wildman–Crippen LogP) is 1.59. The lowest BCUT2D eigenvalue weighted by atomic mass is 10.2. The molecule has 1 aliphatic rings. The highest BCUT2D eigenvalue weighted by Crippen LogP contribution is 2.15. The zero-order chi connectivity index (χ0) is 20.4. The number of nitriles is 2. The van der Waals surface area contributed by atoms with Crippen molar-refractivity contribution in [3.63, 3.8) is 0 Å². The van der Waals surface area contributed by atoms with Gasteiger partial charge in [0.25, 0.3) is 5.91 Å². The quantitative estimate of drug-likeness (QED) is 0.405. The van der Waals surface area contributed by atoms with Crippen LogP contribution in [0.2, 0.25) is 0 Å². The summed E-state index contributed by atoms with van der Waals surface area (Å²) < 4.78 is 0. The SMILES string of the molecule is CN(C)C(C/C=N\OCC(=O)N1CCN(c2ccccc2)CC1)=C(C#N)C#N. The fourth-order valence-corrected chi connectivity index (χ4v) is 2.88. The molecule has 0 atom stereocenters. The smallest absolute Gasteiger partial charge is 0.263 e. The Morgan fingerprint density at radius 3 is 2.39 bits per heavy atom. The first-order chi connectivity index (χ1) is 13.6. The summed E-state index contributed by atoms with van der Waals surface area (Å²) in [6.45, 7) is 2.71. The Kier molecular flexibility index (Phi) is 7.86. The van der Waals surface area contributed by atoms with Gasteiger partial charge < -0.3 is 19.5 Å². The Bertz CT molecular complexity index is 780. The average Bonchev–Trinajstić information content (AvgIpc) is 2.73.